The molecule has 2 aromatic carbocycles. The van der Waals surface area contributed by atoms with E-state index in [0.29, 0.717) is 17.8 Å². The fourth-order valence-electron chi connectivity index (χ4n) is 3.27. The minimum Gasteiger partial charge on any atom is -0.287 e. The van der Waals surface area contributed by atoms with E-state index in [-0.39, 0.29) is 5.56 Å². The van der Waals surface area contributed by atoms with Crippen LogP contribution in [0.4, 0.5) is 0 Å². The van der Waals surface area contributed by atoms with Gasteiger partial charge in [-0.1, -0.05) is 60.6 Å². The highest BCUT2D eigenvalue weighted by atomic mass is 32.2. The number of fused-ring (bicyclic) bond motifs is 1. The summed E-state index contributed by atoms with van der Waals surface area (Å²) in [5.41, 5.74) is 1.78. The van der Waals surface area contributed by atoms with Gasteiger partial charge in [-0.3, -0.25) is 9.36 Å². The zero-order chi connectivity index (χ0) is 20.8. The van der Waals surface area contributed by atoms with E-state index in [4.69, 9.17) is 4.98 Å². The first-order chi connectivity index (χ1) is 14.8. The smallest absolute Gasteiger partial charge is 0.262 e. The summed E-state index contributed by atoms with van der Waals surface area (Å²) in [7, 11) is 0. The van der Waals surface area contributed by atoms with Crippen molar-refractivity contribution in [2.24, 2.45) is 0 Å². The molecule has 2 aromatic heterocycles. The Morgan fingerprint density at radius 2 is 1.77 bits per heavy atom. The highest BCUT2D eigenvalue weighted by Gasteiger charge is 2.10. The van der Waals surface area contributed by atoms with Gasteiger partial charge < -0.3 is 0 Å². The zero-order valence-corrected chi connectivity index (χ0v) is 17.8. The fraction of sp³-hybridized carbons (Fsp3) is 0.318. The number of aryl methyl sites for hydroxylation is 1. The Bertz CT molecular complexity index is 1170. The van der Waals surface area contributed by atoms with Crippen LogP contribution in [0.5, 0.6) is 0 Å². The zero-order valence-electron chi connectivity index (χ0n) is 16.9. The minimum absolute atomic E-state index is 0.0390. The Balaban J connectivity index is 1.27. The Hall–Kier alpha value is -3.00. The van der Waals surface area contributed by atoms with Crippen molar-refractivity contribution < 1.29 is 0 Å². The van der Waals surface area contributed by atoms with Crippen LogP contribution in [0.15, 0.2) is 64.5 Å². The highest BCUT2D eigenvalue weighted by Crippen LogP contribution is 2.19. The fourth-order valence-corrected chi connectivity index (χ4v) is 4.33. The largest absolute Gasteiger partial charge is 0.287 e. The van der Waals surface area contributed by atoms with E-state index in [1.165, 1.54) is 0 Å². The Morgan fingerprint density at radius 1 is 0.967 bits per heavy atom. The molecule has 154 valence electrons. The summed E-state index contributed by atoms with van der Waals surface area (Å²) in [6, 6.07) is 17.4. The molecule has 0 unspecified atom stereocenters. The summed E-state index contributed by atoms with van der Waals surface area (Å²) in [6.07, 6.45) is 3.08. The molecule has 0 bridgehead atoms. The second kappa shape index (κ2) is 9.67. The molecule has 0 atom stereocenters. The lowest BCUT2D eigenvalue weighted by molar-refractivity contribution is 0.486. The van der Waals surface area contributed by atoms with Crippen molar-refractivity contribution in [2.45, 2.75) is 44.4 Å². The van der Waals surface area contributed by atoms with Gasteiger partial charge in [0.1, 0.15) is 0 Å². The van der Waals surface area contributed by atoms with Gasteiger partial charge in [-0.05, 0) is 37.1 Å². The maximum absolute atomic E-state index is 12.7. The number of hydrogen-bond acceptors (Lipinski definition) is 6. The van der Waals surface area contributed by atoms with Gasteiger partial charge in [-0.25, -0.2) is 4.98 Å². The van der Waals surface area contributed by atoms with E-state index in [1.807, 2.05) is 61.5 Å². The van der Waals surface area contributed by atoms with Gasteiger partial charge in [-0.15, -0.1) is 10.2 Å². The molecule has 0 aliphatic rings. The van der Waals surface area contributed by atoms with E-state index in [1.54, 1.807) is 21.1 Å². The first-order valence-electron chi connectivity index (χ1n) is 10.2. The number of hydrogen-bond donors (Lipinski definition) is 0. The number of rotatable bonds is 9. The van der Waals surface area contributed by atoms with Crippen molar-refractivity contribution in [1.82, 2.24) is 29.8 Å². The second-order valence-corrected chi connectivity index (χ2v) is 8.01. The molecule has 0 N–H and O–H groups in total. The van der Waals surface area contributed by atoms with E-state index in [2.05, 4.69) is 15.4 Å². The lowest BCUT2D eigenvalue weighted by Gasteiger charge is -2.11. The van der Waals surface area contributed by atoms with Gasteiger partial charge >= 0.3 is 0 Å². The van der Waals surface area contributed by atoms with E-state index >= 15 is 0 Å². The summed E-state index contributed by atoms with van der Waals surface area (Å²) >= 11 is 1.65. The Morgan fingerprint density at radius 3 is 2.60 bits per heavy atom. The molecule has 0 aliphatic heterocycles. The van der Waals surface area contributed by atoms with E-state index in [9.17, 15) is 4.79 Å². The van der Waals surface area contributed by atoms with Crippen molar-refractivity contribution in [3.63, 3.8) is 0 Å². The van der Waals surface area contributed by atoms with E-state index < -0.39 is 0 Å². The number of unbranched alkanes of at least 4 members (excludes halogenated alkanes) is 2. The average Bonchev–Trinajstić information content (AvgIpc) is 3.26. The van der Waals surface area contributed by atoms with Crippen LogP contribution >= 0.6 is 11.8 Å². The summed E-state index contributed by atoms with van der Waals surface area (Å²) in [4.78, 5) is 19.0. The molecule has 0 fully saturated rings. The average molecular weight is 421 g/mol. The van der Waals surface area contributed by atoms with Gasteiger partial charge in [0.15, 0.2) is 5.16 Å². The second-order valence-electron chi connectivity index (χ2n) is 6.95. The lowest BCUT2D eigenvalue weighted by Crippen LogP contribution is -2.22. The van der Waals surface area contributed by atoms with Crippen LogP contribution in [-0.2, 0) is 13.1 Å². The number of para-hydroxylation sites is 1. The van der Waals surface area contributed by atoms with Crippen LogP contribution < -0.4 is 5.56 Å². The molecule has 4 rings (SSSR count). The summed E-state index contributed by atoms with van der Waals surface area (Å²) in [6.45, 7) is 3.36. The van der Waals surface area contributed by atoms with Gasteiger partial charge in [0.25, 0.3) is 5.56 Å². The van der Waals surface area contributed by atoms with E-state index in [0.717, 1.165) is 47.8 Å². The minimum atomic E-state index is 0.0390. The first-order valence-corrected chi connectivity index (χ1v) is 11.2. The summed E-state index contributed by atoms with van der Waals surface area (Å²) < 4.78 is 1.76. The molecule has 0 spiro atoms. The van der Waals surface area contributed by atoms with Crippen LogP contribution in [0.25, 0.3) is 22.3 Å². The van der Waals surface area contributed by atoms with Crippen molar-refractivity contribution >= 4 is 22.7 Å². The maximum atomic E-state index is 12.7. The van der Waals surface area contributed by atoms with Crippen LogP contribution in [-0.4, -0.2) is 35.5 Å². The molecule has 8 heteroatoms. The van der Waals surface area contributed by atoms with Crippen LogP contribution in [0, 0.1) is 0 Å². The SMILES string of the molecule is CCn1c(SCCCCCn2nnc(-c3ccccc3)n2)nc2ccccc2c1=O. The molecule has 0 amide bonds. The third-order valence-electron chi connectivity index (χ3n) is 4.86. The predicted octanol–water partition coefficient (Wildman–Crippen LogP) is 4.03. The third-order valence-corrected chi connectivity index (χ3v) is 5.92. The van der Waals surface area contributed by atoms with Crippen LogP contribution in [0.2, 0.25) is 0 Å². The molecule has 0 saturated carbocycles. The maximum Gasteiger partial charge on any atom is 0.262 e. The van der Waals surface area contributed by atoms with Crippen LogP contribution in [0.3, 0.4) is 0 Å². The monoisotopic (exact) mass is 420 g/mol. The van der Waals surface area contributed by atoms with Gasteiger partial charge in [-0.2, -0.15) is 4.80 Å². The van der Waals surface area contributed by atoms with Crippen LogP contribution in [0.1, 0.15) is 26.2 Å². The molecule has 4 aromatic rings. The lowest BCUT2D eigenvalue weighted by atomic mass is 10.2. The van der Waals surface area contributed by atoms with Crippen molar-refractivity contribution in [2.75, 3.05) is 5.75 Å². The number of tetrazole rings is 1. The van der Waals surface area contributed by atoms with Gasteiger partial charge in [0.2, 0.25) is 5.82 Å². The molecule has 7 nitrogen and oxygen atoms in total. The summed E-state index contributed by atoms with van der Waals surface area (Å²) in [5.74, 6) is 1.58. The van der Waals surface area contributed by atoms with Gasteiger partial charge in [0.05, 0.1) is 17.4 Å². The number of thioether (sulfide) groups is 1. The van der Waals surface area contributed by atoms with Gasteiger partial charge in [0, 0.05) is 17.9 Å². The molecule has 0 aliphatic carbocycles. The first kappa shape index (κ1) is 20.3. The quantitative estimate of drug-likeness (QED) is 0.231. The Kier molecular flexibility index (Phi) is 6.53. The molecular weight excluding hydrogens is 396 g/mol. The molecule has 0 saturated heterocycles. The standard InChI is InChI=1S/C22H24N6OS/c1-2-27-21(29)18-13-7-8-14-19(18)23-22(27)30-16-10-4-9-15-28-25-20(24-26-28)17-11-5-3-6-12-17/h3,5-8,11-14H,2,4,9-10,15-16H2,1H3. The Labute approximate surface area is 179 Å². The molecule has 0 radical (unpaired) electrons. The molecule has 2 heterocycles. The number of aromatic nitrogens is 6. The topological polar surface area (TPSA) is 78.5 Å². The number of nitrogens with zero attached hydrogens (tertiary/aromatic N) is 6. The number of benzene rings is 2. The van der Waals surface area contributed by atoms with Crippen molar-refractivity contribution in [3.05, 3.63) is 65.0 Å². The van der Waals surface area contributed by atoms with Crippen molar-refractivity contribution in [3.8, 4) is 11.4 Å². The summed E-state index contributed by atoms with van der Waals surface area (Å²) in [5, 5.41) is 14.2. The van der Waals surface area contributed by atoms with Crippen molar-refractivity contribution in [1.29, 1.82) is 0 Å². The highest BCUT2D eigenvalue weighted by molar-refractivity contribution is 7.99. The normalized spacial score (nSPS) is 11.2. The third kappa shape index (κ3) is 4.59. The molecule has 30 heavy (non-hydrogen) atoms. The predicted molar refractivity (Wildman–Crippen MR) is 120 cm³/mol. The molecular formula is C22H24N6OS.